The molecule has 0 fully saturated rings. The number of fused-ring (bicyclic) bond motifs is 6. The van der Waals surface area contributed by atoms with Crippen LogP contribution in [0.1, 0.15) is 27.7 Å². The largest absolute Gasteiger partial charge is 0.309 e. The van der Waals surface area contributed by atoms with Crippen LogP contribution in [0.4, 0.5) is 16.0 Å². The smallest absolute Gasteiger partial charge is 0.212 e. The molecular weight excluding hydrogens is 447 g/mol. The molecule has 4 nitrogen and oxygen atoms in total. The van der Waals surface area contributed by atoms with Gasteiger partial charge < -0.3 is 14.0 Å². The van der Waals surface area contributed by atoms with Crippen LogP contribution in [0.15, 0.2) is 91.0 Å². The summed E-state index contributed by atoms with van der Waals surface area (Å²) in [5, 5.41) is 2.38. The molecule has 2 aromatic heterocycles. The molecule has 36 heavy (non-hydrogen) atoms. The lowest BCUT2D eigenvalue weighted by Gasteiger charge is -2.41. The molecule has 0 saturated heterocycles. The highest BCUT2D eigenvalue weighted by Gasteiger charge is 2.53. The second-order valence-corrected chi connectivity index (χ2v) is 10.7. The molecule has 0 saturated carbocycles. The van der Waals surface area contributed by atoms with Crippen LogP contribution in [0.25, 0.3) is 38.5 Å². The molecule has 0 N–H and O–H groups in total. The maximum absolute atomic E-state index is 14.8. The second-order valence-electron chi connectivity index (χ2n) is 10.7. The fourth-order valence-electron chi connectivity index (χ4n) is 5.94. The van der Waals surface area contributed by atoms with Crippen LogP contribution >= 0.6 is 0 Å². The topological polar surface area (TPSA) is 26.0 Å². The lowest BCUT2D eigenvalue weighted by molar-refractivity contribution is 0.253. The number of aromatic nitrogens is 3. The van der Waals surface area contributed by atoms with Gasteiger partial charge in [-0.3, -0.25) is 0 Å². The minimum atomic E-state index is -0.322. The number of imidazole rings is 1. The zero-order valence-corrected chi connectivity index (χ0v) is 20.8. The van der Waals surface area contributed by atoms with Gasteiger partial charge in [0.2, 0.25) is 5.95 Å². The maximum Gasteiger partial charge on any atom is 0.212 e. The average molecular weight is 475 g/mol. The van der Waals surface area contributed by atoms with E-state index in [1.54, 1.807) is 6.07 Å². The van der Waals surface area contributed by atoms with E-state index in [9.17, 15) is 4.39 Å². The lowest BCUT2D eigenvalue weighted by atomic mass is 9.82. The van der Waals surface area contributed by atoms with Gasteiger partial charge in [0.1, 0.15) is 5.52 Å². The Morgan fingerprint density at radius 2 is 1.33 bits per heavy atom. The predicted octanol–water partition coefficient (Wildman–Crippen LogP) is 7.94. The Labute approximate surface area is 209 Å². The van der Waals surface area contributed by atoms with Crippen LogP contribution in [0.3, 0.4) is 0 Å². The van der Waals surface area contributed by atoms with Crippen molar-refractivity contribution < 1.29 is 4.39 Å². The summed E-state index contributed by atoms with van der Waals surface area (Å²) in [6, 6.07) is 30.9. The van der Waals surface area contributed by atoms with E-state index in [2.05, 4.69) is 108 Å². The molecule has 0 atom stereocenters. The van der Waals surface area contributed by atoms with Gasteiger partial charge in [-0.25, -0.2) is 9.37 Å². The van der Waals surface area contributed by atoms with Gasteiger partial charge in [0.05, 0.1) is 27.6 Å². The van der Waals surface area contributed by atoms with Crippen molar-refractivity contribution in [3.05, 3.63) is 96.8 Å². The van der Waals surface area contributed by atoms with Crippen molar-refractivity contribution in [2.24, 2.45) is 0 Å². The molecule has 1 aliphatic rings. The van der Waals surface area contributed by atoms with Crippen molar-refractivity contribution in [2.45, 2.75) is 38.8 Å². The highest BCUT2D eigenvalue weighted by molar-refractivity contribution is 6.10. The summed E-state index contributed by atoms with van der Waals surface area (Å²) in [5.74, 6) is 0.487. The molecule has 5 heteroatoms. The third-order valence-electron chi connectivity index (χ3n) is 8.36. The van der Waals surface area contributed by atoms with Gasteiger partial charge in [-0.2, -0.15) is 0 Å². The van der Waals surface area contributed by atoms with Crippen LogP contribution in [0.2, 0.25) is 0 Å². The van der Waals surface area contributed by atoms with Crippen molar-refractivity contribution >= 4 is 44.5 Å². The first kappa shape index (κ1) is 21.2. The van der Waals surface area contributed by atoms with E-state index in [-0.39, 0.29) is 16.9 Å². The monoisotopic (exact) mass is 474 g/mol. The lowest BCUT2D eigenvalue weighted by Crippen LogP contribution is -2.50. The van der Waals surface area contributed by atoms with E-state index in [0.29, 0.717) is 5.52 Å². The molecule has 178 valence electrons. The first-order chi connectivity index (χ1) is 17.3. The van der Waals surface area contributed by atoms with Crippen molar-refractivity contribution in [1.29, 1.82) is 0 Å². The molecule has 3 heterocycles. The van der Waals surface area contributed by atoms with E-state index in [4.69, 9.17) is 4.98 Å². The number of halogens is 1. The molecule has 0 aliphatic carbocycles. The number of anilines is 2. The minimum absolute atomic E-state index is 0.288. The number of benzene rings is 4. The van der Waals surface area contributed by atoms with E-state index >= 15 is 0 Å². The first-order valence-electron chi connectivity index (χ1n) is 12.4. The van der Waals surface area contributed by atoms with Crippen LogP contribution in [-0.2, 0) is 5.54 Å². The Hall–Kier alpha value is -4.12. The second kappa shape index (κ2) is 6.97. The van der Waals surface area contributed by atoms with Crippen LogP contribution < -0.4 is 4.90 Å². The Morgan fingerprint density at radius 1 is 0.639 bits per heavy atom. The summed E-state index contributed by atoms with van der Waals surface area (Å²) in [7, 11) is 0. The quantitative estimate of drug-likeness (QED) is 0.255. The van der Waals surface area contributed by atoms with Crippen molar-refractivity contribution in [3.8, 4) is 5.69 Å². The third kappa shape index (κ3) is 2.55. The van der Waals surface area contributed by atoms with E-state index in [1.807, 2.05) is 12.1 Å². The summed E-state index contributed by atoms with van der Waals surface area (Å²) in [4.78, 5) is 7.12. The fourth-order valence-corrected chi connectivity index (χ4v) is 5.94. The molecule has 7 rings (SSSR count). The van der Waals surface area contributed by atoms with Crippen molar-refractivity contribution in [3.63, 3.8) is 0 Å². The average Bonchev–Trinajstić information content (AvgIpc) is 3.46. The molecule has 0 unspecified atom stereocenters. The summed E-state index contributed by atoms with van der Waals surface area (Å²) < 4.78 is 19.3. The van der Waals surface area contributed by atoms with Crippen LogP contribution in [0.5, 0.6) is 0 Å². The fraction of sp³-hybridized carbons (Fsp3) is 0.194. The highest BCUT2D eigenvalue weighted by Crippen LogP contribution is 2.52. The summed E-state index contributed by atoms with van der Waals surface area (Å²) in [5.41, 5.74) is 5.13. The Morgan fingerprint density at radius 3 is 2.14 bits per heavy atom. The highest BCUT2D eigenvalue weighted by atomic mass is 19.1. The normalized spacial score (nSPS) is 16.3. The molecule has 6 aromatic rings. The zero-order chi connectivity index (χ0) is 24.8. The first-order valence-corrected chi connectivity index (χ1v) is 12.4. The SMILES string of the molecule is CC1(C)N(c2ccc3c(c2)c2ccccc2n3-c2ccccc2)c2nc3c(F)cccc3n2C1(C)C. The van der Waals surface area contributed by atoms with E-state index < -0.39 is 0 Å². The summed E-state index contributed by atoms with van der Waals surface area (Å²) >= 11 is 0. The van der Waals surface area contributed by atoms with E-state index in [1.165, 1.54) is 22.4 Å². The van der Waals surface area contributed by atoms with Crippen molar-refractivity contribution in [1.82, 2.24) is 14.1 Å². The van der Waals surface area contributed by atoms with Gasteiger partial charge in [-0.1, -0.05) is 42.5 Å². The summed E-state index contributed by atoms with van der Waals surface area (Å²) in [6.45, 7) is 8.90. The molecular formula is C31H27FN4. The maximum atomic E-state index is 14.8. The minimum Gasteiger partial charge on any atom is -0.309 e. The summed E-state index contributed by atoms with van der Waals surface area (Å²) in [6.07, 6.45) is 0. The molecule has 0 amide bonds. The molecule has 4 aromatic carbocycles. The number of rotatable bonds is 2. The van der Waals surface area contributed by atoms with Gasteiger partial charge >= 0.3 is 0 Å². The molecule has 0 radical (unpaired) electrons. The van der Waals surface area contributed by atoms with Crippen molar-refractivity contribution in [2.75, 3.05) is 4.90 Å². The Bertz CT molecular complexity index is 1810. The van der Waals surface area contributed by atoms with E-state index in [0.717, 1.165) is 28.4 Å². The zero-order valence-electron chi connectivity index (χ0n) is 20.8. The van der Waals surface area contributed by atoms with Gasteiger partial charge in [-0.15, -0.1) is 0 Å². The Balaban J connectivity index is 1.52. The Kier molecular flexibility index (Phi) is 4.10. The van der Waals surface area contributed by atoms with Gasteiger partial charge in [0.25, 0.3) is 0 Å². The van der Waals surface area contributed by atoms with Gasteiger partial charge in [-0.05, 0) is 76.2 Å². The third-order valence-corrected chi connectivity index (χ3v) is 8.36. The molecule has 1 aliphatic heterocycles. The predicted molar refractivity (Wildman–Crippen MR) is 146 cm³/mol. The number of hydrogen-bond acceptors (Lipinski definition) is 2. The van der Waals surface area contributed by atoms with Crippen LogP contribution in [0, 0.1) is 5.82 Å². The van der Waals surface area contributed by atoms with Crippen LogP contribution in [-0.4, -0.2) is 19.7 Å². The molecule has 0 bridgehead atoms. The molecule has 0 spiro atoms. The number of nitrogens with zero attached hydrogens (tertiary/aromatic N) is 4. The number of para-hydroxylation sites is 3. The van der Waals surface area contributed by atoms with Gasteiger partial charge in [0.15, 0.2) is 5.82 Å². The standard InChI is InChI=1S/C31H27FN4/c1-30(2)31(3,4)36-27-16-10-14-24(32)28(27)33-29(36)35(30)21-17-18-26-23(19-21)22-13-8-9-15-25(22)34(26)20-11-6-5-7-12-20/h5-19H,1-4H3. The number of hydrogen-bond donors (Lipinski definition) is 0. The van der Waals surface area contributed by atoms with Gasteiger partial charge in [0, 0.05) is 22.1 Å².